The summed E-state index contributed by atoms with van der Waals surface area (Å²) < 4.78 is 39.1. The van der Waals surface area contributed by atoms with Gasteiger partial charge < -0.3 is 14.8 Å². The number of aryl methyl sites for hydroxylation is 2. The van der Waals surface area contributed by atoms with Crippen molar-refractivity contribution < 1.29 is 22.7 Å². The minimum absolute atomic E-state index is 0.0147. The number of amides is 1. The van der Waals surface area contributed by atoms with Gasteiger partial charge in [-0.3, -0.25) is 9.52 Å². The molecule has 0 spiro atoms. The van der Waals surface area contributed by atoms with Crippen LogP contribution in [-0.2, 0) is 10.0 Å². The predicted octanol–water partition coefficient (Wildman–Crippen LogP) is 5.27. The van der Waals surface area contributed by atoms with E-state index < -0.39 is 15.9 Å². The first kappa shape index (κ1) is 25.4. The molecule has 0 saturated carbocycles. The van der Waals surface area contributed by atoms with E-state index in [0.29, 0.717) is 17.2 Å². The van der Waals surface area contributed by atoms with Crippen molar-refractivity contribution in [2.24, 2.45) is 0 Å². The van der Waals surface area contributed by atoms with Gasteiger partial charge in [-0.15, -0.1) is 0 Å². The number of carbonyl (C=O) groups is 1. The van der Waals surface area contributed by atoms with Crippen molar-refractivity contribution in [2.75, 3.05) is 18.9 Å². The summed E-state index contributed by atoms with van der Waals surface area (Å²) in [5.41, 5.74) is 3.37. The molecule has 0 unspecified atom stereocenters. The molecule has 0 bridgehead atoms. The Balaban J connectivity index is 1.83. The highest BCUT2D eigenvalue weighted by Crippen LogP contribution is 2.30. The lowest BCUT2D eigenvalue weighted by Crippen LogP contribution is -2.27. The van der Waals surface area contributed by atoms with E-state index in [9.17, 15) is 13.2 Å². The van der Waals surface area contributed by atoms with Crippen LogP contribution >= 0.6 is 11.6 Å². The number of anilines is 1. The molecule has 3 aromatic rings. The Kier molecular flexibility index (Phi) is 7.74. The summed E-state index contributed by atoms with van der Waals surface area (Å²) in [5, 5.41) is 2.88. The number of hydrogen-bond donors (Lipinski definition) is 2. The number of nitrogens with one attached hydrogen (secondary N) is 2. The molecular formula is C25H27ClN2O5S. The zero-order chi connectivity index (χ0) is 25.0. The Bertz CT molecular complexity index is 1320. The second-order valence-corrected chi connectivity index (χ2v) is 9.92. The van der Waals surface area contributed by atoms with Gasteiger partial charge in [0, 0.05) is 11.3 Å². The Morgan fingerprint density at radius 3 is 2.26 bits per heavy atom. The SMILES string of the molecule is COc1ccc([C@H](C)NC(=O)c2ccc(Cl)c(S(=O)(=O)Nc3ccc(C)c(C)c3)c2)cc1OC. The Hall–Kier alpha value is -3.23. The molecule has 180 valence electrons. The summed E-state index contributed by atoms with van der Waals surface area (Å²) in [6.45, 7) is 5.65. The van der Waals surface area contributed by atoms with Crippen LogP contribution < -0.4 is 19.5 Å². The molecule has 0 saturated heterocycles. The van der Waals surface area contributed by atoms with Crippen molar-refractivity contribution in [2.45, 2.75) is 31.7 Å². The molecule has 7 nitrogen and oxygen atoms in total. The second kappa shape index (κ2) is 10.4. The maximum absolute atomic E-state index is 13.0. The van der Waals surface area contributed by atoms with Crippen LogP contribution in [0.25, 0.3) is 0 Å². The van der Waals surface area contributed by atoms with Crippen LogP contribution in [0.3, 0.4) is 0 Å². The topological polar surface area (TPSA) is 93.7 Å². The molecule has 2 N–H and O–H groups in total. The average Bonchev–Trinajstić information content (AvgIpc) is 2.80. The largest absolute Gasteiger partial charge is 0.493 e. The van der Waals surface area contributed by atoms with Gasteiger partial charge in [0.2, 0.25) is 0 Å². The second-order valence-electron chi connectivity index (χ2n) is 7.86. The van der Waals surface area contributed by atoms with Crippen LogP contribution in [0.4, 0.5) is 5.69 Å². The van der Waals surface area contributed by atoms with E-state index in [2.05, 4.69) is 10.0 Å². The fraction of sp³-hybridized carbons (Fsp3) is 0.240. The van der Waals surface area contributed by atoms with Gasteiger partial charge in [-0.25, -0.2) is 8.42 Å². The van der Waals surface area contributed by atoms with E-state index in [-0.39, 0.29) is 21.5 Å². The van der Waals surface area contributed by atoms with Gasteiger partial charge in [0.1, 0.15) is 4.90 Å². The van der Waals surface area contributed by atoms with Crippen molar-refractivity contribution in [1.82, 2.24) is 5.32 Å². The molecule has 0 aliphatic rings. The van der Waals surface area contributed by atoms with Crippen LogP contribution in [0.2, 0.25) is 5.02 Å². The summed E-state index contributed by atoms with van der Waals surface area (Å²) in [6, 6.07) is 14.3. The predicted molar refractivity (Wildman–Crippen MR) is 134 cm³/mol. The minimum atomic E-state index is -4.02. The highest BCUT2D eigenvalue weighted by molar-refractivity contribution is 7.92. The molecule has 3 rings (SSSR count). The summed E-state index contributed by atoms with van der Waals surface area (Å²) in [4.78, 5) is 12.7. The number of sulfonamides is 1. The maximum Gasteiger partial charge on any atom is 0.263 e. The van der Waals surface area contributed by atoms with Crippen LogP contribution in [0.1, 0.15) is 40.0 Å². The summed E-state index contributed by atoms with van der Waals surface area (Å²) >= 11 is 6.20. The van der Waals surface area contributed by atoms with Gasteiger partial charge in [-0.2, -0.15) is 0 Å². The fourth-order valence-electron chi connectivity index (χ4n) is 3.35. The standard InChI is InChI=1S/C25H27ClN2O5S/c1-15-6-9-20(12-16(15)2)28-34(30,31)24-14-19(7-10-21(24)26)25(29)27-17(3)18-8-11-22(32-4)23(13-18)33-5/h6-14,17,28H,1-5H3,(H,27,29)/t17-/m0/s1. The molecular weight excluding hydrogens is 476 g/mol. The van der Waals surface area contributed by atoms with Gasteiger partial charge in [-0.1, -0.05) is 23.7 Å². The normalized spacial score (nSPS) is 12.1. The van der Waals surface area contributed by atoms with Crippen LogP contribution in [0, 0.1) is 13.8 Å². The molecule has 0 aliphatic heterocycles. The lowest BCUT2D eigenvalue weighted by molar-refractivity contribution is 0.0939. The monoisotopic (exact) mass is 502 g/mol. The first-order valence-electron chi connectivity index (χ1n) is 10.5. The number of halogens is 1. The highest BCUT2D eigenvalue weighted by atomic mass is 35.5. The average molecular weight is 503 g/mol. The molecule has 1 atom stereocenters. The molecule has 3 aromatic carbocycles. The zero-order valence-electron chi connectivity index (χ0n) is 19.6. The van der Waals surface area contributed by atoms with Gasteiger partial charge in [0.05, 0.1) is 25.3 Å². The first-order valence-corrected chi connectivity index (χ1v) is 12.3. The Morgan fingerprint density at radius 2 is 1.62 bits per heavy atom. The van der Waals surface area contributed by atoms with Crippen molar-refractivity contribution in [1.29, 1.82) is 0 Å². The highest BCUT2D eigenvalue weighted by Gasteiger charge is 2.22. The Labute approximate surface area is 205 Å². The molecule has 0 heterocycles. The molecule has 9 heteroatoms. The van der Waals surface area contributed by atoms with Crippen LogP contribution in [-0.4, -0.2) is 28.5 Å². The van der Waals surface area contributed by atoms with E-state index in [1.807, 2.05) is 32.9 Å². The number of ether oxygens (including phenoxy) is 2. The third-order valence-corrected chi connectivity index (χ3v) is 7.36. The molecule has 0 fully saturated rings. The number of carbonyl (C=O) groups excluding carboxylic acids is 1. The van der Waals surface area contributed by atoms with Gasteiger partial charge in [0.25, 0.3) is 15.9 Å². The summed E-state index contributed by atoms with van der Waals surface area (Å²) in [7, 11) is -0.940. The number of benzene rings is 3. The zero-order valence-corrected chi connectivity index (χ0v) is 21.2. The van der Waals surface area contributed by atoms with Crippen LogP contribution in [0.5, 0.6) is 11.5 Å². The maximum atomic E-state index is 13.0. The first-order chi connectivity index (χ1) is 16.1. The van der Waals surface area contributed by atoms with Crippen molar-refractivity contribution in [3.63, 3.8) is 0 Å². The molecule has 1 amide bonds. The van der Waals surface area contributed by atoms with E-state index in [1.165, 1.54) is 25.3 Å². The van der Waals surface area contributed by atoms with Crippen molar-refractivity contribution in [3.05, 3.63) is 81.9 Å². The number of hydrogen-bond acceptors (Lipinski definition) is 5. The summed E-state index contributed by atoms with van der Waals surface area (Å²) in [5.74, 6) is 0.675. The van der Waals surface area contributed by atoms with Gasteiger partial charge >= 0.3 is 0 Å². The Morgan fingerprint density at radius 1 is 0.912 bits per heavy atom. The lowest BCUT2D eigenvalue weighted by atomic mass is 10.1. The van der Waals surface area contributed by atoms with E-state index in [4.69, 9.17) is 21.1 Å². The quantitative estimate of drug-likeness (QED) is 0.438. The van der Waals surface area contributed by atoms with E-state index in [1.54, 1.807) is 31.4 Å². The third kappa shape index (κ3) is 5.63. The third-order valence-electron chi connectivity index (χ3n) is 5.50. The molecule has 34 heavy (non-hydrogen) atoms. The van der Waals surface area contributed by atoms with E-state index in [0.717, 1.165) is 16.7 Å². The molecule has 0 aliphatic carbocycles. The van der Waals surface area contributed by atoms with Crippen molar-refractivity contribution in [3.8, 4) is 11.5 Å². The lowest BCUT2D eigenvalue weighted by Gasteiger charge is -2.17. The van der Waals surface area contributed by atoms with Gasteiger partial charge in [0.15, 0.2) is 11.5 Å². The van der Waals surface area contributed by atoms with Gasteiger partial charge in [-0.05, 0) is 79.9 Å². The summed E-state index contributed by atoms with van der Waals surface area (Å²) in [6.07, 6.45) is 0. The minimum Gasteiger partial charge on any atom is -0.493 e. The van der Waals surface area contributed by atoms with E-state index >= 15 is 0 Å². The number of methoxy groups -OCH3 is 2. The molecule has 0 radical (unpaired) electrons. The van der Waals surface area contributed by atoms with Crippen LogP contribution in [0.15, 0.2) is 59.5 Å². The fourth-order valence-corrected chi connectivity index (χ4v) is 4.93. The smallest absolute Gasteiger partial charge is 0.263 e. The number of rotatable bonds is 8. The van der Waals surface area contributed by atoms with Crippen molar-refractivity contribution >= 4 is 33.2 Å². The molecule has 0 aromatic heterocycles.